The number of hydrogen-bond acceptors (Lipinski definition) is 5. The van der Waals surface area contributed by atoms with Crippen molar-refractivity contribution in [1.82, 2.24) is 4.72 Å². The number of carboxylic acid groups (broad SMARTS) is 1. The molecule has 0 aliphatic heterocycles. The first-order chi connectivity index (χ1) is 18.3. The first-order valence-electron chi connectivity index (χ1n) is 11.7. The number of rotatable bonds is 8. The maximum atomic E-state index is 13.2. The van der Waals surface area contributed by atoms with Crippen molar-refractivity contribution in [2.24, 2.45) is 0 Å². The van der Waals surface area contributed by atoms with E-state index in [0.717, 1.165) is 22.5 Å². The van der Waals surface area contributed by atoms with Gasteiger partial charge in [-0.2, -0.15) is 4.72 Å². The second-order valence-corrected chi connectivity index (χ2v) is 12.3. The number of para-hydroxylation sites is 1. The molecule has 38 heavy (non-hydrogen) atoms. The van der Waals surface area contributed by atoms with E-state index >= 15 is 0 Å². The van der Waals surface area contributed by atoms with Gasteiger partial charge in [-0.05, 0) is 60.0 Å². The SMILES string of the molecule is O=C(O)C1(NS(=O)(=O)c2ccc(C#Cc3ccc(Cl)cc3)s2)CC1c1ccccc1OCc1ccccc1. The molecule has 0 spiro atoms. The summed E-state index contributed by atoms with van der Waals surface area (Å²) >= 11 is 6.87. The first kappa shape index (κ1) is 26.0. The van der Waals surface area contributed by atoms with Crippen LogP contribution in [0.2, 0.25) is 5.02 Å². The van der Waals surface area contributed by atoms with Crippen LogP contribution in [0.25, 0.3) is 0 Å². The van der Waals surface area contributed by atoms with E-state index in [0.29, 0.717) is 27.8 Å². The number of carboxylic acids is 1. The zero-order valence-electron chi connectivity index (χ0n) is 19.9. The molecule has 5 rings (SSSR count). The molecule has 1 fully saturated rings. The van der Waals surface area contributed by atoms with Crippen molar-refractivity contribution in [2.75, 3.05) is 0 Å². The maximum absolute atomic E-state index is 13.2. The average molecular weight is 564 g/mol. The summed E-state index contributed by atoms with van der Waals surface area (Å²) in [6, 6.07) is 26.8. The Morgan fingerprint density at radius 3 is 2.45 bits per heavy atom. The third-order valence-electron chi connectivity index (χ3n) is 6.21. The molecule has 192 valence electrons. The summed E-state index contributed by atoms with van der Waals surface area (Å²) in [5, 5.41) is 10.7. The Labute approximate surface area is 229 Å². The van der Waals surface area contributed by atoms with Gasteiger partial charge in [0.1, 0.15) is 22.1 Å². The summed E-state index contributed by atoms with van der Waals surface area (Å²) in [6.07, 6.45) is 0.113. The van der Waals surface area contributed by atoms with Crippen LogP contribution < -0.4 is 9.46 Å². The smallest absolute Gasteiger partial charge is 0.325 e. The van der Waals surface area contributed by atoms with Crippen LogP contribution in [0.3, 0.4) is 0 Å². The molecule has 1 saturated carbocycles. The van der Waals surface area contributed by atoms with E-state index < -0.39 is 27.4 Å². The molecule has 1 aliphatic carbocycles. The molecule has 2 unspecified atom stereocenters. The number of halogens is 1. The van der Waals surface area contributed by atoms with E-state index in [9.17, 15) is 18.3 Å². The summed E-state index contributed by atoms with van der Waals surface area (Å²) in [6.45, 7) is 0.311. The van der Waals surface area contributed by atoms with Crippen molar-refractivity contribution in [3.63, 3.8) is 0 Å². The van der Waals surface area contributed by atoms with Crippen molar-refractivity contribution in [1.29, 1.82) is 0 Å². The second-order valence-electron chi connectivity index (χ2n) is 8.83. The molecular weight excluding hydrogens is 542 g/mol. The molecule has 0 radical (unpaired) electrons. The van der Waals surface area contributed by atoms with Gasteiger partial charge in [0.2, 0.25) is 0 Å². The third-order valence-corrected chi connectivity index (χ3v) is 9.47. The summed E-state index contributed by atoms with van der Waals surface area (Å²) in [7, 11) is -4.12. The average Bonchev–Trinajstić information content (AvgIpc) is 3.41. The van der Waals surface area contributed by atoms with Crippen molar-refractivity contribution in [2.45, 2.75) is 28.7 Å². The fraction of sp³-hybridized carbons (Fsp3) is 0.138. The van der Waals surface area contributed by atoms with E-state index in [1.807, 2.05) is 30.3 Å². The third kappa shape index (κ3) is 5.62. The number of benzene rings is 3. The number of nitrogens with one attached hydrogen (secondary N) is 1. The molecule has 1 heterocycles. The van der Waals surface area contributed by atoms with Gasteiger partial charge in [-0.1, -0.05) is 72.0 Å². The first-order valence-corrected chi connectivity index (χ1v) is 14.3. The van der Waals surface area contributed by atoms with Crippen molar-refractivity contribution >= 4 is 38.9 Å². The minimum atomic E-state index is -4.12. The number of carbonyl (C=O) groups is 1. The minimum absolute atomic E-state index is 0.00204. The monoisotopic (exact) mass is 563 g/mol. The van der Waals surface area contributed by atoms with Gasteiger partial charge in [-0.15, -0.1) is 11.3 Å². The highest BCUT2D eigenvalue weighted by Gasteiger charge is 2.64. The number of thiophene rings is 1. The molecule has 6 nitrogen and oxygen atoms in total. The Hall–Kier alpha value is -3.61. The lowest BCUT2D eigenvalue weighted by molar-refractivity contribution is -0.140. The highest BCUT2D eigenvalue weighted by atomic mass is 35.5. The van der Waals surface area contributed by atoms with Gasteiger partial charge in [0.25, 0.3) is 10.0 Å². The number of aliphatic carboxylic acids is 1. The molecule has 0 saturated heterocycles. The number of ether oxygens (including phenoxy) is 1. The van der Waals surface area contributed by atoms with Crippen LogP contribution in [-0.4, -0.2) is 25.0 Å². The summed E-state index contributed by atoms with van der Waals surface area (Å²) in [5.74, 6) is 4.63. The highest BCUT2D eigenvalue weighted by molar-refractivity contribution is 7.91. The quantitative estimate of drug-likeness (QED) is 0.269. The van der Waals surface area contributed by atoms with E-state index in [4.69, 9.17) is 16.3 Å². The highest BCUT2D eigenvalue weighted by Crippen LogP contribution is 2.55. The summed E-state index contributed by atoms with van der Waals surface area (Å²) in [4.78, 5) is 12.9. The molecule has 0 amide bonds. The molecule has 4 aromatic rings. The molecule has 3 aromatic carbocycles. The van der Waals surface area contributed by atoms with E-state index in [-0.39, 0.29) is 10.6 Å². The van der Waals surface area contributed by atoms with E-state index in [1.54, 1.807) is 54.6 Å². The van der Waals surface area contributed by atoms with Crippen LogP contribution in [-0.2, 0) is 21.4 Å². The lowest BCUT2D eigenvalue weighted by Crippen LogP contribution is -2.44. The predicted octanol–water partition coefficient (Wildman–Crippen LogP) is 5.67. The lowest BCUT2D eigenvalue weighted by atomic mass is 10.1. The second kappa shape index (κ2) is 10.6. The van der Waals surface area contributed by atoms with Gasteiger partial charge in [-0.25, -0.2) is 8.42 Å². The zero-order valence-corrected chi connectivity index (χ0v) is 22.3. The number of hydrogen-bond donors (Lipinski definition) is 2. The largest absolute Gasteiger partial charge is 0.489 e. The molecule has 2 atom stereocenters. The van der Waals surface area contributed by atoms with Crippen molar-refractivity contribution in [3.05, 3.63) is 118 Å². The molecular formula is C29H22ClNO5S2. The van der Waals surface area contributed by atoms with Crippen LogP contribution in [0, 0.1) is 11.8 Å². The van der Waals surface area contributed by atoms with E-state index in [1.165, 1.54) is 6.07 Å². The van der Waals surface area contributed by atoms with Crippen LogP contribution in [0.4, 0.5) is 0 Å². The van der Waals surface area contributed by atoms with Gasteiger partial charge >= 0.3 is 5.97 Å². The van der Waals surface area contributed by atoms with Gasteiger partial charge in [0, 0.05) is 16.5 Å². The van der Waals surface area contributed by atoms with Gasteiger partial charge in [-0.3, -0.25) is 4.79 Å². The fourth-order valence-electron chi connectivity index (χ4n) is 4.16. The van der Waals surface area contributed by atoms with Gasteiger partial charge in [0.05, 0.1) is 4.88 Å². The summed E-state index contributed by atoms with van der Waals surface area (Å²) in [5.41, 5.74) is 0.693. The van der Waals surface area contributed by atoms with Crippen LogP contribution in [0.15, 0.2) is 95.2 Å². The number of sulfonamides is 1. The zero-order chi connectivity index (χ0) is 26.8. The predicted molar refractivity (Wildman–Crippen MR) is 147 cm³/mol. The molecule has 9 heteroatoms. The van der Waals surface area contributed by atoms with Crippen molar-refractivity contribution < 1.29 is 23.1 Å². The van der Waals surface area contributed by atoms with Crippen LogP contribution in [0.1, 0.15) is 33.9 Å². The Morgan fingerprint density at radius 2 is 1.71 bits per heavy atom. The standard InChI is InChI=1S/C29H22ClNO5S2/c30-22-13-10-20(11-14-22)12-15-23-16-17-27(37-23)38(34,35)31-29(28(32)33)18-25(29)24-8-4-5-9-26(24)36-19-21-6-2-1-3-7-21/h1-11,13-14,16-17,25,31H,18-19H2,(H,32,33). The topological polar surface area (TPSA) is 92.7 Å². The Balaban J connectivity index is 1.34. The van der Waals surface area contributed by atoms with Gasteiger partial charge < -0.3 is 9.84 Å². The molecule has 1 aromatic heterocycles. The maximum Gasteiger partial charge on any atom is 0.325 e. The van der Waals surface area contributed by atoms with Crippen LogP contribution in [0.5, 0.6) is 5.75 Å². The Kier molecular flexibility index (Phi) is 7.28. The Bertz CT molecular complexity index is 1640. The van der Waals surface area contributed by atoms with E-state index in [2.05, 4.69) is 16.6 Å². The lowest BCUT2D eigenvalue weighted by Gasteiger charge is -2.17. The van der Waals surface area contributed by atoms with Gasteiger partial charge in [0.15, 0.2) is 0 Å². The molecule has 1 aliphatic rings. The minimum Gasteiger partial charge on any atom is -0.489 e. The normalized spacial score (nSPS) is 18.3. The van der Waals surface area contributed by atoms with Crippen molar-refractivity contribution in [3.8, 4) is 17.6 Å². The Morgan fingerprint density at radius 1 is 1.00 bits per heavy atom. The summed E-state index contributed by atoms with van der Waals surface area (Å²) < 4.78 is 34.9. The molecule has 2 N–H and O–H groups in total. The molecule has 0 bridgehead atoms. The fourth-order valence-corrected chi connectivity index (χ4v) is 6.85. The van der Waals surface area contributed by atoms with Crippen LogP contribution >= 0.6 is 22.9 Å².